The Kier molecular flexibility index (Phi) is 6.87. The van der Waals surface area contributed by atoms with Gasteiger partial charge in [0.05, 0.1) is 23.8 Å². The third kappa shape index (κ3) is 5.21. The van der Waals surface area contributed by atoms with E-state index in [0.29, 0.717) is 37.8 Å². The number of halogens is 3. The predicted molar refractivity (Wildman–Crippen MR) is 127 cm³/mol. The SMILES string of the molecule is CN(c1ccnc(Nc2cc(N3CCOCC3)cc(S(C)(=O)=O)c2)n1)c1ccc(F)c(Cl)c1F. The lowest BCUT2D eigenvalue weighted by Crippen LogP contribution is -2.36. The Bertz CT molecular complexity index is 1320. The van der Waals surface area contributed by atoms with Gasteiger partial charge in [0.1, 0.15) is 16.7 Å². The molecule has 2 aromatic carbocycles. The van der Waals surface area contributed by atoms with E-state index < -0.39 is 26.5 Å². The third-order valence-electron chi connectivity index (χ3n) is 5.31. The van der Waals surface area contributed by atoms with Crippen LogP contribution in [0.2, 0.25) is 5.02 Å². The molecule has 0 unspecified atom stereocenters. The van der Waals surface area contributed by atoms with Crippen LogP contribution < -0.4 is 15.1 Å². The Hall–Kier alpha value is -3.02. The normalized spacial score (nSPS) is 14.2. The van der Waals surface area contributed by atoms with Crippen molar-refractivity contribution in [1.82, 2.24) is 9.97 Å². The second-order valence-corrected chi connectivity index (χ2v) is 10.1. The van der Waals surface area contributed by atoms with Gasteiger partial charge < -0.3 is 19.9 Å². The van der Waals surface area contributed by atoms with E-state index in [1.165, 1.54) is 23.2 Å². The number of sulfone groups is 1. The lowest BCUT2D eigenvalue weighted by atomic mass is 10.2. The lowest BCUT2D eigenvalue weighted by molar-refractivity contribution is 0.122. The highest BCUT2D eigenvalue weighted by atomic mass is 35.5. The van der Waals surface area contributed by atoms with Crippen molar-refractivity contribution in [3.8, 4) is 0 Å². The van der Waals surface area contributed by atoms with Gasteiger partial charge in [-0.1, -0.05) is 11.6 Å². The number of hydrogen-bond acceptors (Lipinski definition) is 8. The highest BCUT2D eigenvalue weighted by Crippen LogP contribution is 2.32. The minimum atomic E-state index is -3.48. The second-order valence-electron chi connectivity index (χ2n) is 7.70. The fourth-order valence-corrected chi connectivity index (χ4v) is 4.33. The topological polar surface area (TPSA) is 87.7 Å². The molecule has 1 aliphatic rings. The minimum Gasteiger partial charge on any atom is -0.378 e. The van der Waals surface area contributed by atoms with Gasteiger partial charge in [0.15, 0.2) is 15.7 Å². The first-order valence-electron chi connectivity index (χ1n) is 10.3. The summed E-state index contributed by atoms with van der Waals surface area (Å²) >= 11 is 5.70. The Morgan fingerprint density at radius 3 is 2.59 bits per heavy atom. The van der Waals surface area contributed by atoms with Crippen molar-refractivity contribution < 1.29 is 21.9 Å². The fraction of sp³-hybridized carbons (Fsp3) is 0.273. The van der Waals surface area contributed by atoms with Gasteiger partial charge in [0.25, 0.3) is 0 Å². The number of nitrogens with one attached hydrogen (secondary N) is 1. The number of rotatable bonds is 6. The van der Waals surface area contributed by atoms with Crippen LogP contribution in [0.1, 0.15) is 0 Å². The maximum absolute atomic E-state index is 14.5. The molecule has 0 spiro atoms. The summed E-state index contributed by atoms with van der Waals surface area (Å²) in [6.07, 6.45) is 2.61. The maximum Gasteiger partial charge on any atom is 0.229 e. The molecule has 12 heteroatoms. The maximum atomic E-state index is 14.5. The molecule has 4 rings (SSSR count). The molecule has 34 heavy (non-hydrogen) atoms. The summed E-state index contributed by atoms with van der Waals surface area (Å²) in [5, 5.41) is 2.42. The van der Waals surface area contributed by atoms with E-state index in [9.17, 15) is 17.2 Å². The van der Waals surface area contributed by atoms with E-state index in [0.717, 1.165) is 18.0 Å². The molecule has 0 saturated carbocycles. The minimum absolute atomic E-state index is 0.0322. The number of nitrogens with zero attached hydrogens (tertiary/aromatic N) is 4. The van der Waals surface area contributed by atoms with Gasteiger partial charge in [-0.2, -0.15) is 4.98 Å². The van der Waals surface area contributed by atoms with E-state index in [2.05, 4.69) is 15.3 Å². The molecule has 180 valence electrons. The quantitative estimate of drug-likeness (QED) is 0.496. The smallest absolute Gasteiger partial charge is 0.229 e. The van der Waals surface area contributed by atoms with Crippen LogP contribution in [0.25, 0.3) is 0 Å². The monoisotopic (exact) mass is 509 g/mol. The number of hydrogen-bond donors (Lipinski definition) is 1. The summed E-state index contributed by atoms with van der Waals surface area (Å²) in [6, 6.07) is 8.81. The first-order chi connectivity index (χ1) is 16.1. The summed E-state index contributed by atoms with van der Waals surface area (Å²) in [7, 11) is -1.93. The zero-order chi connectivity index (χ0) is 24.5. The number of ether oxygens (including phenoxy) is 1. The Morgan fingerprint density at radius 2 is 1.88 bits per heavy atom. The average Bonchev–Trinajstić information content (AvgIpc) is 2.82. The number of aromatic nitrogens is 2. The molecule has 8 nitrogen and oxygen atoms in total. The van der Waals surface area contributed by atoms with Gasteiger partial charge in [-0.05, 0) is 36.4 Å². The van der Waals surface area contributed by atoms with Crippen molar-refractivity contribution in [3.05, 3.63) is 59.3 Å². The van der Waals surface area contributed by atoms with E-state index in [-0.39, 0.29) is 16.5 Å². The fourth-order valence-electron chi connectivity index (χ4n) is 3.50. The highest BCUT2D eigenvalue weighted by Gasteiger charge is 2.19. The summed E-state index contributed by atoms with van der Waals surface area (Å²) < 4.78 is 57.9. The molecular formula is C22H22ClF2N5O3S. The van der Waals surface area contributed by atoms with Crippen LogP contribution >= 0.6 is 11.6 Å². The van der Waals surface area contributed by atoms with Crippen LogP contribution in [0, 0.1) is 11.6 Å². The van der Waals surface area contributed by atoms with E-state index in [1.54, 1.807) is 25.2 Å². The molecule has 1 saturated heterocycles. The highest BCUT2D eigenvalue weighted by molar-refractivity contribution is 7.90. The van der Waals surface area contributed by atoms with Crippen LogP contribution in [-0.2, 0) is 14.6 Å². The summed E-state index contributed by atoms with van der Waals surface area (Å²) in [5.41, 5.74) is 1.23. The number of benzene rings is 2. The zero-order valence-electron chi connectivity index (χ0n) is 18.4. The molecule has 3 aromatic rings. The first-order valence-corrected chi connectivity index (χ1v) is 12.6. The van der Waals surface area contributed by atoms with Crippen molar-refractivity contribution >= 4 is 50.3 Å². The number of morpholine rings is 1. The average molecular weight is 510 g/mol. The van der Waals surface area contributed by atoms with Gasteiger partial charge in [0.2, 0.25) is 5.95 Å². The van der Waals surface area contributed by atoms with Crippen LogP contribution in [0.4, 0.5) is 37.6 Å². The Morgan fingerprint density at radius 1 is 1.15 bits per heavy atom. The van der Waals surface area contributed by atoms with Gasteiger partial charge in [-0.25, -0.2) is 22.2 Å². The Balaban J connectivity index is 1.65. The van der Waals surface area contributed by atoms with Crippen molar-refractivity contribution in [2.75, 3.05) is 54.7 Å². The summed E-state index contributed by atoms with van der Waals surface area (Å²) in [6.45, 7) is 2.37. The van der Waals surface area contributed by atoms with Crippen LogP contribution in [-0.4, -0.2) is 58.0 Å². The standard InChI is InChI=1S/C22H22ClF2N5O3S/c1-29(18-4-3-17(24)20(23)21(18)25)19-5-6-26-22(28-19)27-14-11-15(30-7-9-33-10-8-30)13-16(12-14)34(2,31)32/h3-6,11-13H,7-10H2,1-2H3,(H,26,27,28). The molecular weight excluding hydrogens is 488 g/mol. The van der Waals surface area contributed by atoms with Crippen LogP contribution in [0.15, 0.2) is 47.5 Å². The Labute approximate surface area is 201 Å². The molecule has 0 radical (unpaired) electrons. The van der Waals surface area contributed by atoms with E-state index >= 15 is 0 Å². The van der Waals surface area contributed by atoms with Crippen molar-refractivity contribution in [3.63, 3.8) is 0 Å². The van der Waals surface area contributed by atoms with Crippen molar-refractivity contribution in [1.29, 1.82) is 0 Å². The first kappa shape index (κ1) is 24.1. The lowest BCUT2D eigenvalue weighted by Gasteiger charge is -2.29. The zero-order valence-corrected chi connectivity index (χ0v) is 20.0. The van der Waals surface area contributed by atoms with E-state index in [1.807, 2.05) is 4.90 Å². The predicted octanol–water partition coefficient (Wildman–Crippen LogP) is 4.16. The largest absolute Gasteiger partial charge is 0.378 e. The molecule has 2 heterocycles. The molecule has 1 fully saturated rings. The van der Waals surface area contributed by atoms with Crippen molar-refractivity contribution in [2.45, 2.75) is 4.90 Å². The molecule has 0 amide bonds. The summed E-state index contributed by atoms with van der Waals surface area (Å²) in [4.78, 5) is 12.2. The van der Waals surface area contributed by atoms with Crippen molar-refractivity contribution in [2.24, 2.45) is 0 Å². The molecule has 0 aliphatic carbocycles. The summed E-state index contributed by atoms with van der Waals surface area (Å²) in [5.74, 6) is -1.29. The molecule has 1 aromatic heterocycles. The van der Waals surface area contributed by atoms with Gasteiger partial charge in [0, 0.05) is 44.0 Å². The molecule has 0 atom stereocenters. The van der Waals surface area contributed by atoms with Crippen LogP contribution in [0.3, 0.4) is 0 Å². The second kappa shape index (κ2) is 9.69. The number of anilines is 5. The molecule has 1 aliphatic heterocycles. The van der Waals surface area contributed by atoms with Gasteiger partial charge in [-0.3, -0.25) is 0 Å². The van der Waals surface area contributed by atoms with Crippen LogP contribution in [0.5, 0.6) is 0 Å². The van der Waals surface area contributed by atoms with Gasteiger partial charge >= 0.3 is 0 Å². The third-order valence-corrected chi connectivity index (χ3v) is 6.75. The molecule has 0 bridgehead atoms. The van der Waals surface area contributed by atoms with E-state index in [4.69, 9.17) is 16.3 Å². The van der Waals surface area contributed by atoms with Gasteiger partial charge in [-0.15, -0.1) is 0 Å². The molecule has 1 N–H and O–H groups in total.